The number of benzene rings is 1. The first kappa shape index (κ1) is 21.7. The van der Waals surface area contributed by atoms with Gasteiger partial charge < -0.3 is 18.9 Å². The zero-order valence-electron chi connectivity index (χ0n) is 15.7. The van der Waals surface area contributed by atoms with E-state index in [1.54, 1.807) is 14.2 Å². The number of allylic oxidation sites excluding steroid dienone is 2. The van der Waals surface area contributed by atoms with Crippen LogP contribution in [-0.4, -0.2) is 27.8 Å². The van der Waals surface area contributed by atoms with Gasteiger partial charge in [-0.2, -0.15) is 0 Å². The first-order valence-corrected chi connectivity index (χ1v) is 9.32. The number of hydrogen-bond acceptors (Lipinski definition) is 4. The van der Waals surface area contributed by atoms with Crippen molar-refractivity contribution in [3.8, 4) is 11.5 Å². The molecule has 1 rings (SSSR count). The van der Waals surface area contributed by atoms with Gasteiger partial charge in [-0.3, -0.25) is 0 Å². The van der Waals surface area contributed by atoms with Gasteiger partial charge in [0.25, 0.3) is 0 Å². The molecule has 5 heteroatoms. The fraction of sp³-hybridized carbons (Fsp3) is 0.500. The third-order valence-corrected chi connectivity index (χ3v) is 4.41. The van der Waals surface area contributed by atoms with Crippen LogP contribution >= 0.6 is 15.9 Å². The van der Waals surface area contributed by atoms with Crippen molar-refractivity contribution in [3.05, 3.63) is 47.6 Å². The van der Waals surface area contributed by atoms with Crippen LogP contribution in [0.1, 0.15) is 43.7 Å². The van der Waals surface area contributed by atoms with E-state index in [0.717, 1.165) is 46.6 Å². The number of halogens is 1. The van der Waals surface area contributed by atoms with Crippen LogP contribution in [0.4, 0.5) is 0 Å². The van der Waals surface area contributed by atoms with Crippen LogP contribution in [0.15, 0.2) is 36.4 Å². The molecule has 0 aliphatic rings. The van der Waals surface area contributed by atoms with Gasteiger partial charge in [-0.15, -0.1) is 6.58 Å². The summed E-state index contributed by atoms with van der Waals surface area (Å²) >= 11 is 3.54. The van der Waals surface area contributed by atoms with Crippen LogP contribution in [0.5, 0.6) is 11.5 Å². The van der Waals surface area contributed by atoms with Crippen molar-refractivity contribution in [2.45, 2.75) is 37.9 Å². The van der Waals surface area contributed by atoms with E-state index in [2.05, 4.69) is 29.1 Å². The molecule has 0 spiro atoms. The van der Waals surface area contributed by atoms with E-state index in [1.807, 2.05) is 26.0 Å². The minimum Gasteiger partial charge on any atom is -0.468 e. The summed E-state index contributed by atoms with van der Waals surface area (Å²) in [6.45, 7) is 12.7. The van der Waals surface area contributed by atoms with Crippen molar-refractivity contribution >= 4 is 15.9 Å². The number of ether oxygens (including phenoxy) is 4. The molecule has 0 bridgehead atoms. The smallest absolute Gasteiger partial charge is 0.188 e. The van der Waals surface area contributed by atoms with Gasteiger partial charge >= 0.3 is 0 Å². The van der Waals surface area contributed by atoms with Crippen LogP contribution in [0.3, 0.4) is 0 Å². The van der Waals surface area contributed by atoms with E-state index in [-0.39, 0.29) is 19.5 Å². The summed E-state index contributed by atoms with van der Waals surface area (Å²) in [4.78, 5) is 0. The largest absolute Gasteiger partial charge is 0.468 e. The predicted octanol–water partition coefficient (Wildman–Crippen LogP) is 5.56. The van der Waals surface area contributed by atoms with Gasteiger partial charge in [-0.1, -0.05) is 33.7 Å². The lowest BCUT2D eigenvalue weighted by atomic mass is 9.86. The Bertz CT molecular complexity index is 583. The molecule has 0 N–H and O–H groups in total. The van der Waals surface area contributed by atoms with E-state index < -0.39 is 0 Å². The van der Waals surface area contributed by atoms with Crippen molar-refractivity contribution in [3.63, 3.8) is 0 Å². The molecule has 0 saturated heterocycles. The molecule has 0 aliphatic heterocycles. The van der Waals surface area contributed by atoms with E-state index in [0.29, 0.717) is 5.33 Å². The second-order valence-corrected chi connectivity index (χ2v) is 6.69. The predicted molar refractivity (Wildman–Crippen MR) is 106 cm³/mol. The maximum atomic E-state index is 5.90. The lowest BCUT2D eigenvalue weighted by Crippen LogP contribution is -2.10. The van der Waals surface area contributed by atoms with E-state index in [9.17, 15) is 0 Å². The molecule has 4 nitrogen and oxygen atoms in total. The van der Waals surface area contributed by atoms with Crippen molar-refractivity contribution in [1.29, 1.82) is 0 Å². The van der Waals surface area contributed by atoms with Crippen LogP contribution in [0.2, 0.25) is 0 Å². The highest BCUT2D eigenvalue weighted by atomic mass is 79.9. The molecule has 140 valence electrons. The number of methoxy groups -OCH3 is 2. The van der Waals surface area contributed by atoms with Crippen molar-refractivity contribution in [2.75, 3.05) is 27.8 Å². The van der Waals surface area contributed by atoms with E-state index in [1.165, 1.54) is 0 Å². The summed E-state index contributed by atoms with van der Waals surface area (Å²) in [7, 11) is 3.22. The zero-order chi connectivity index (χ0) is 18.8. The molecule has 25 heavy (non-hydrogen) atoms. The average Bonchev–Trinajstić information content (AvgIpc) is 2.57. The molecular weight excluding hydrogens is 384 g/mol. The fourth-order valence-electron chi connectivity index (χ4n) is 2.60. The highest BCUT2D eigenvalue weighted by molar-refractivity contribution is 9.08. The molecular formula is C20H29BrO4. The van der Waals surface area contributed by atoms with Gasteiger partial charge in [0.2, 0.25) is 0 Å². The topological polar surface area (TPSA) is 36.9 Å². The summed E-state index contributed by atoms with van der Waals surface area (Å²) in [5.74, 6) is 1.71. The zero-order valence-corrected chi connectivity index (χ0v) is 17.3. The molecule has 1 atom stereocenters. The fourth-order valence-corrected chi connectivity index (χ4v) is 3.02. The monoisotopic (exact) mass is 412 g/mol. The number of hydrogen-bond donors (Lipinski definition) is 0. The second kappa shape index (κ2) is 11.3. The van der Waals surface area contributed by atoms with Crippen LogP contribution in [0, 0.1) is 0 Å². The van der Waals surface area contributed by atoms with Crippen molar-refractivity contribution in [2.24, 2.45) is 0 Å². The summed E-state index contributed by atoms with van der Waals surface area (Å²) in [5, 5.41) is 0.645. The van der Waals surface area contributed by atoms with E-state index in [4.69, 9.17) is 18.9 Å². The maximum Gasteiger partial charge on any atom is 0.188 e. The quantitative estimate of drug-likeness (QED) is 0.255. The average molecular weight is 413 g/mol. The molecule has 0 saturated carbocycles. The normalized spacial score (nSPS) is 11.9. The minimum atomic E-state index is 0.146. The third-order valence-electron chi connectivity index (χ3n) is 3.81. The summed E-state index contributed by atoms with van der Waals surface area (Å²) in [6, 6.07) is 3.96. The summed E-state index contributed by atoms with van der Waals surface area (Å²) in [6.07, 6.45) is 1.84. The minimum absolute atomic E-state index is 0.146. The first-order valence-electron chi connectivity index (χ1n) is 8.20. The van der Waals surface area contributed by atoms with Gasteiger partial charge in [-0.25, -0.2) is 0 Å². The maximum absolute atomic E-state index is 5.90. The van der Waals surface area contributed by atoms with Crippen molar-refractivity contribution in [1.82, 2.24) is 0 Å². The third kappa shape index (κ3) is 6.84. The molecule has 0 radical (unpaired) electrons. The number of alkyl halides is 1. The van der Waals surface area contributed by atoms with E-state index >= 15 is 0 Å². The molecule has 1 unspecified atom stereocenters. The Morgan fingerprint density at radius 3 is 2.24 bits per heavy atom. The Kier molecular flexibility index (Phi) is 9.86. The van der Waals surface area contributed by atoms with Gasteiger partial charge in [0.1, 0.15) is 11.5 Å². The summed E-state index contributed by atoms with van der Waals surface area (Å²) < 4.78 is 21.7. The van der Waals surface area contributed by atoms with Crippen LogP contribution in [0.25, 0.3) is 0 Å². The Morgan fingerprint density at radius 1 is 1.08 bits per heavy atom. The van der Waals surface area contributed by atoms with Gasteiger partial charge in [0.15, 0.2) is 13.6 Å². The molecule has 0 aliphatic carbocycles. The van der Waals surface area contributed by atoms with Gasteiger partial charge in [-0.05, 0) is 38.8 Å². The lowest BCUT2D eigenvalue weighted by Gasteiger charge is -2.24. The SMILES string of the molecule is C=C(C)CCC(C(=C)C)c1cc(OCOC)cc(CBr)c1OCOC. The molecule has 1 aromatic carbocycles. The first-order chi connectivity index (χ1) is 11.9. The number of rotatable bonds is 12. The Labute approximate surface area is 159 Å². The second-order valence-electron chi connectivity index (χ2n) is 6.13. The van der Waals surface area contributed by atoms with Gasteiger partial charge in [0.05, 0.1) is 0 Å². The van der Waals surface area contributed by atoms with Gasteiger partial charge in [0, 0.05) is 36.6 Å². The Balaban J connectivity index is 3.36. The molecule has 0 fully saturated rings. The highest BCUT2D eigenvalue weighted by Crippen LogP contribution is 2.41. The summed E-state index contributed by atoms with van der Waals surface area (Å²) in [5.41, 5.74) is 4.28. The molecule has 0 amide bonds. The molecule has 1 aromatic rings. The molecule has 0 aromatic heterocycles. The lowest BCUT2D eigenvalue weighted by molar-refractivity contribution is 0.0471. The standard InChI is InChI=1S/C20H29BrO4/c1-14(2)7-8-18(15(3)4)19-10-17(24-12-22-5)9-16(11-21)20(19)25-13-23-6/h9-10,18H,1,3,7-8,11-13H2,2,4-6H3. The highest BCUT2D eigenvalue weighted by Gasteiger charge is 2.21. The van der Waals surface area contributed by atoms with Crippen LogP contribution < -0.4 is 9.47 Å². The Morgan fingerprint density at radius 2 is 1.72 bits per heavy atom. The van der Waals surface area contributed by atoms with Crippen LogP contribution in [-0.2, 0) is 14.8 Å². The molecule has 0 heterocycles. The Hall–Kier alpha value is -1.30. The van der Waals surface area contributed by atoms with Crippen molar-refractivity contribution < 1.29 is 18.9 Å².